The molecule has 1 saturated heterocycles. The lowest BCUT2D eigenvalue weighted by atomic mass is 9.89. The minimum absolute atomic E-state index is 0.230. The molecule has 1 amide bonds. The maximum atomic E-state index is 12.3. The van der Waals surface area contributed by atoms with Crippen LogP contribution in [0.15, 0.2) is 36.7 Å². The molecule has 0 unspecified atom stereocenters. The summed E-state index contributed by atoms with van der Waals surface area (Å²) in [4.78, 5) is 22.3. The van der Waals surface area contributed by atoms with E-state index in [1.165, 1.54) is 18.0 Å². The highest BCUT2D eigenvalue weighted by Gasteiger charge is 2.27. The minimum Gasteiger partial charge on any atom is -0.496 e. The van der Waals surface area contributed by atoms with Gasteiger partial charge >= 0.3 is 6.09 Å². The van der Waals surface area contributed by atoms with Gasteiger partial charge in [-0.25, -0.2) is 14.8 Å². The van der Waals surface area contributed by atoms with E-state index in [0.29, 0.717) is 30.6 Å². The number of rotatable bonds is 6. The van der Waals surface area contributed by atoms with E-state index in [1.54, 1.807) is 12.0 Å². The maximum absolute atomic E-state index is 12.3. The van der Waals surface area contributed by atoms with Crippen LogP contribution in [0.5, 0.6) is 5.75 Å². The Morgan fingerprint density at radius 2 is 1.97 bits per heavy atom. The van der Waals surface area contributed by atoms with Crippen molar-refractivity contribution in [1.29, 1.82) is 5.26 Å². The quantitative estimate of drug-likeness (QED) is 0.511. The second-order valence-corrected chi connectivity index (χ2v) is 9.84. The fraction of sp³-hybridized carbons (Fsp3) is 0.423. The van der Waals surface area contributed by atoms with Gasteiger partial charge in [-0.1, -0.05) is 6.07 Å². The zero-order valence-corrected chi connectivity index (χ0v) is 21.0. The number of benzene rings is 1. The number of likely N-dealkylation sites (tertiary alicyclic amines) is 1. The lowest BCUT2D eigenvalue weighted by Crippen LogP contribution is -2.42. The molecule has 1 aromatic carbocycles. The summed E-state index contributed by atoms with van der Waals surface area (Å²) >= 11 is 0. The summed E-state index contributed by atoms with van der Waals surface area (Å²) in [6.45, 7) is 7.09. The number of carbonyl (C=O) groups excluding carboxylic acids is 1. The molecule has 1 aliphatic heterocycles. The fourth-order valence-electron chi connectivity index (χ4n) is 4.17. The van der Waals surface area contributed by atoms with Crippen LogP contribution >= 0.6 is 0 Å². The first kappa shape index (κ1) is 25.0. The van der Waals surface area contributed by atoms with Crippen LogP contribution in [0.4, 0.5) is 16.4 Å². The van der Waals surface area contributed by atoms with Crippen LogP contribution in [0.3, 0.4) is 0 Å². The van der Waals surface area contributed by atoms with Crippen LogP contribution in [0, 0.1) is 17.2 Å². The summed E-state index contributed by atoms with van der Waals surface area (Å²) in [5.74, 6) is 2.32. The summed E-state index contributed by atoms with van der Waals surface area (Å²) in [6.07, 6.45) is 5.46. The molecule has 0 spiro atoms. The number of H-pyrrole nitrogens is 1. The number of aromatic nitrogens is 4. The normalized spacial score (nSPS) is 14.2. The SMILES string of the molecule is COc1cc(CC2CCN(C(=O)OC(C)(C)C)CC2)ccc1-c1cc(Nc2cnc(C#N)cn2)n[nH]1. The topological polar surface area (TPSA) is 129 Å². The largest absolute Gasteiger partial charge is 0.496 e. The van der Waals surface area contributed by atoms with Crippen LogP contribution < -0.4 is 10.1 Å². The van der Waals surface area contributed by atoms with Crippen molar-refractivity contribution in [1.82, 2.24) is 25.1 Å². The molecular formula is C26H31N7O3. The second-order valence-electron chi connectivity index (χ2n) is 9.84. The first-order chi connectivity index (χ1) is 17.2. The van der Waals surface area contributed by atoms with Crippen molar-refractivity contribution in [2.45, 2.75) is 45.6 Å². The smallest absolute Gasteiger partial charge is 0.410 e. The second kappa shape index (κ2) is 10.6. The van der Waals surface area contributed by atoms with Crippen molar-refractivity contribution in [2.24, 2.45) is 5.92 Å². The van der Waals surface area contributed by atoms with Gasteiger partial charge in [-0.15, -0.1) is 0 Å². The van der Waals surface area contributed by atoms with Gasteiger partial charge in [0.15, 0.2) is 11.5 Å². The molecule has 1 fully saturated rings. The number of ether oxygens (including phenoxy) is 2. The standard InChI is InChI=1S/C26H31N7O3/c1-26(2,3)36-25(34)33-9-7-17(8-10-33)11-18-5-6-20(22(12-18)35-4)21-13-23(32-31-21)30-24-16-28-19(14-27)15-29-24/h5-6,12-13,15-17H,7-11H2,1-4H3,(H2,29,30,31,32). The number of anilines is 2. The van der Waals surface area contributed by atoms with Gasteiger partial charge in [0.25, 0.3) is 0 Å². The Bertz CT molecular complexity index is 1230. The number of amides is 1. The van der Waals surface area contributed by atoms with Gasteiger partial charge in [-0.05, 0) is 63.6 Å². The number of carbonyl (C=O) groups is 1. The van der Waals surface area contributed by atoms with Gasteiger partial charge in [0.1, 0.15) is 23.2 Å². The predicted octanol–water partition coefficient (Wildman–Crippen LogP) is 4.68. The summed E-state index contributed by atoms with van der Waals surface area (Å²) in [7, 11) is 1.66. The van der Waals surface area contributed by atoms with E-state index in [-0.39, 0.29) is 11.8 Å². The number of nitriles is 1. The van der Waals surface area contributed by atoms with Crippen LogP contribution in [-0.4, -0.2) is 57.0 Å². The third-order valence-electron chi connectivity index (χ3n) is 5.95. The number of piperidine rings is 1. The highest BCUT2D eigenvalue weighted by Crippen LogP contribution is 2.33. The molecule has 10 nitrogen and oxygen atoms in total. The molecule has 36 heavy (non-hydrogen) atoms. The molecule has 0 bridgehead atoms. The Morgan fingerprint density at radius 3 is 2.61 bits per heavy atom. The molecule has 3 heterocycles. The first-order valence-corrected chi connectivity index (χ1v) is 11.9. The van der Waals surface area contributed by atoms with Crippen LogP contribution in [0.2, 0.25) is 0 Å². The van der Waals surface area contributed by atoms with Gasteiger partial charge in [0.2, 0.25) is 0 Å². The van der Waals surface area contributed by atoms with E-state index in [1.807, 2.05) is 39.0 Å². The number of hydrogen-bond acceptors (Lipinski definition) is 8. The maximum Gasteiger partial charge on any atom is 0.410 e. The Balaban J connectivity index is 1.37. The summed E-state index contributed by atoms with van der Waals surface area (Å²) < 4.78 is 11.2. The van der Waals surface area contributed by atoms with Gasteiger partial charge < -0.3 is 19.7 Å². The molecule has 0 radical (unpaired) electrons. The van der Waals surface area contributed by atoms with E-state index < -0.39 is 5.60 Å². The number of aromatic amines is 1. The van der Waals surface area contributed by atoms with E-state index in [2.05, 4.69) is 37.6 Å². The minimum atomic E-state index is -0.477. The molecule has 2 aromatic heterocycles. The number of hydrogen-bond donors (Lipinski definition) is 2. The average Bonchev–Trinajstić information content (AvgIpc) is 3.32. The monoisotopic (exact) mass is 489 g/mol. The highest BCUT2D eigenvalue weighted by atomic mass is 16.6. The molecular weight excluding hydrogens is 458 g/mol. The van der Waals surface area contributed by atoms with Crippen molar-refractivity contribution in [2.75, 3.05) is 25.5 Å². The molecule has 0 aliphatic carbocycles. The van der Waals surface area contributed by atoms with Crippen molar-refractivity contribution in [3.05, 3.63) is 47.9 Å². The lowest BCUT2D eigenvalue weighted by molar-refractivity contribution is 0.0184. The third kappa shape index (κ3) is 6.30. The Kier molecular flexibility index (Phi) is 7.38. The molecule has 3 aromatic rings. The van der Waals surface area contributed by atoms with E-state index in [9.17, 15) is 4.79 Å². The van der Waals surface area contributed by atoms with Crippen molar-refractivity contribution < 1.29 is 14.3 Å². The van der Waals surface area contributed by atoms with Crippen molar-refractivity contribution in [3.63, 3.8) is 0 Å². The zero-order valence-electron chi connectivity index (χ0n) is 21.0. The number of nitrogens with one attached hydrogen (secondary N) is 2. The fourth-order valence-corrected chi connectivity index (χ4v) is 4.17. The Hall–Kier alpha value is -4.13. The van der Waals surface area contributed by atoms with Crippen molar-refractivity contribution >= 4 is 17.7 Å². The highest BCUT2D eigenvalue weighted by molar-refractivity contribution is 5.71. The molecule has 4 rings (SSSR count). The van der Waals surface area contributed by atoms with Crippen molar-refractivity contribution in [3.8, 4) is 23.1 Å². The van der Waals surface area contributed by atoms with Crippen LogP contribution in [0.1, 0.15) is 44.9 Å². The van der Waals surface area contributed by atoms with Gasteiger partial charge in [0.05, 0.1) is 25.2 Å². The molecule has 0 saturated carbocycles. The predicted molar refractivity (Wildman–Crippen MR) is 135 cm³/mol. The molecule has 2 N–H and O–H groups in total. The summed E-state index contributed by atoms with van der Waals surface area (Å²) in [6, 6.07) is 10.0. The summed E-state index contributed by atoms with van der Waals surface area (Å²) in [5, 5.41) is 19.2. The molecule has 188 valence electrons. The van der Waals surface area contributed by atoms with E-state index in [0.717, 1.165) is 36.3 Å². The average molecular weight is 490 g/mol. The van der Waals surface area contributed by atoms with Gasteiger partial charge in [-0.3, -0.25) is 5.10 Å². The summed E-state index contributed by atoms with van der Waals surface area (Å²) in [5.41, 5.74) is 2.66. The number of nitrogens with zero attached hydrogens (tertiary/aromatic N) is 5. The first-order valence-electron chi connectivity index (χ1n) is 11.9. The zero-order chi connectivity index (χ0) is 25.7. The van der Waals surface area contributed by atoms with Crippen LogP contribution in [-0.2, 0) is 11.2 Å². The van der Waals surface area contributed by atoms with Gasteiger partial charge in [0, 0.05) is 24.7 Å². The Labute approximate surface area is 210 Å². The van der Waals surface area contributed by atoms with Gasteiger partial charge in [-0.2, -0.15) is 10.4 Å². The third-order valence-corrected chi connectivity index (χ3v) is 5.95. The van der Waals surface area contributed by atoms with E-state index in [4.69, 9.17) is 14.7 Å². The lowest BCUT2D eigenvalue weighted by Gasteiger charge is -2.33. The van der Waals surface area contributed by atoms with E-state index >= 15 is 0 Å². The molecule has 10 heteroatoms. The molecule has 0 atom stereocenters. The Morgan fingerprint density at radius 1 is 1.19 bits per heavy atom. The molecule has 1 aliphatic rings. The van der Waals surface area contributed by atoms with Crippen LogP contribution in [0.25, 0.3) is 11.3 Å². The number of methoxy groups -OCH3 is 1.